The van der Waals surface area contributed by atoms with E-state index < -0.39 is 6.10 Å². The van der Waals surface area contributed by atoms with Crippen LogP contribution >= 0.6 is 0 Å². The molecule has 1 saturated carbocycles. The van der Waals surface area contributed by atoms with Gasteiger partial charge in [0, 0.05) is 0 Å². The monoisotopic (exact) mass is 209 g/mol. The minimum absolute atomic E-state index is 0.116. The third kappa shape index (κ3) is 2.36. The molecule has 1 aromatic heterocycles. The summed E-state index contributed by atoms with van der Waals surface area (Å²) in [6.45, 7) is 0. The van der Waals surface area contributed by atoms with E-state index >= 15 is 0 Å². The predicted molar refractivity (Wildman–Crippen MR) is 54.3 cm³/mol. The zero-order valence-corrected chi connectivity index (χ0v) is 8.44. The van der Waals surface area contributed by atoms with Gasteiger partial charge in [-0.1, -0.05) is 12.8 Å². The van der Waals surface area contributed by atoms with Crippen molar-refractivity contribution < 1.29 is 9.90 Å². The van der Waals surface area contributed by atoms with Crippen molar-refractivity contribution in [3.05, 3.63) is 18.2 Å². The molecule has 0 bridgehead atoms. The average Bonchev–Trinajstić information content (AvgIpc) is 2.74. The van der Waals surface area contributed by atoms with Crippen molar-refractivity contribution in [3.8, 4) is 0 Å². The van der Waals surface area contributed by atoms with E-state index in [9.17, 15) is 9.90 Å². The number of amides is 1. The van der Waals surface area contributed by atoms with Gasteiger partial charge >= 0.3 is 0 Å². The summed E-state index contributed by atoms with van der Waals surface area (Å²) < 4.78 is 0. The molecular formula is C10H15N3O2. The zero-order chi connectivity index (χ0) is 10.7. The second-order valence-electron chi connectivity index (χ2n) is 3.90. The van der Waals surface area contributed by atoms with Gasteiger partial charge in [-0.25, -0.2) is 4.98 Å². The SMILES string of the molecule is O=C(N[C@@H]1CCCC[C@H]1O)c1cnc[nH]1. The molecule has 1 fully saturated rings. The molecule has 0 aromatic carbocycles. The Kier molecular flexibility index (Phi) is 3.01. The van der Waals surface area contributed by atoms with Gasteiger partial charge in [0.15, 0.2) is 0 Å². The molecular weight excluding hydrogens is 194 g/mol. The number of aliphatic hydroxyl groups is 1. The number of nitrogens with one attached hydrogen (secondary N) is 2. The second kappa shape index (κ2) is 4.44. The summed E-state index contributed by atoms with van der Waals surface area (Å²) >= 11 is 0. The topological polar surface area (TPSA) is 78.0 Å². The maximum Gasteiger partial charge on any atom is 0.269 e. The number of hydrogen-bond donors (Lipinski definition) is 3. The number of rotatable bonds is 2. The Morgan fingerprint density at radius 3 is 3.00 bits per heavy atom. The van der Waals surface area contributed by atoms with Gasteiger partial charge in [0.1, 0.15) is 5.69 Å². The van der Waals surface area contributed by atoms with E-state index in [0.717, 1.165) is 25.7 Å². The molecule has 0 spiro atoms. The lowest BCUT2D eigenvalue weighted by Crippen LogP contribution is -2.45. The molecule has 1 amide bonds. The number of H-pyrrole nitrogens is 1. The van der Waals surface area contributed by atoms with Crippen LogP contribution in [-0.4, -0.2) is 33.1 Å². The normalized spacial score (nSPS) is 26.2. The van der Waals surface area contributed by atoms with Crippen LogP contribution in [0.2, 0.25) is 0 Å². The van der Waals surface area contributed by atoms with E-state index in [4.69, 9.17) is 0 Å². The summed E-state index contributed by atoms with van der Waals surface area (Å²) in [5.74, 6) is -0.196. The van der Waals surface area contributed by atoms with E-state index in [1.165, 1.54) is 12.5 Å². The molecule has 15 heavy (non-hydrogen) atoms. The highest BCUT2D eigenvalue weighted by molar-refractivity contribution is 5.92. The van der Waals surface area contributed by atoms with Crippen LogP contribution in [0, 0.1) is 0 Å². The fourth-order valence-corrected chi connectivity index (χ4v) is 1.91. The Morgan fingerprint density at radius 2 is 2.33 bits per heavy atom. The predicted octanol–water partition coefficient (Wildman–Crippen LogP) is 0.443. The molecule has 2 rings (SSSR count). The second-order valence-corrected chi connectivity index (χ2v) is 3.90. The molecule has 0 aliphatic heterocycles. The number of aromatic nitrogens is 2. The lowest BCUT2D eigenvalue weighted by molar-refractivity contribution is 0.0714. The van der Waals surface area contributed by atoms with Gasteiger partial charge in [0.2, 0.25) is 0 Å². The first-order valence-corrected chi connectivity index (χ1v) is 5.24. The Balaban J connectivity index is 1.93. The molecule has 5 heteroatoms. The Hall–Kier alpha value is -1.36. The maximum atomic E-state index is 11.6. The molecule has 1 aliphatic rings. The van der Waals surface area contributed by atoms with Crippen molar-refractivity contribution in [2.45, 2.75) is 37.8 Å². The fourth-order valence-electron chi connectivity index (χ4n) is 1.91. The summed E-state index contributed by atoms with van der Waals surface area (Å²) in [6, 6.07) is -0.116. The van der Waals surface area contributed by atoms with Gasteiger partial charge in [0.25, 0.3) is 5.91 Å². The Bertz CT molecular complexity index is 323. The number of aliphatic hydroxyl groups excluding tert-OH is 1. The zero-order valence-electron chi connectivity index (χ0n) is 8.44. The van der Waals surface area contributed by atoms with Crippen LogP contribution in [0.1, 0.15) is 36.2 Å². The molecule has 2 atom stereocenters. The largest absolute Gasteiger partial charge is 0.391 e. The Labute approximate surface area is 87.9 Å². The van der Waals surface area contributed by atoms with Crippen LogP contribution in [0.4, 0.5) is 0 Å². The lowest BCUT2D eigenvalue weighted by atomic mass is 9.92. The van der Waals surface area contributed by atoms with Gasteiger partial charge in [-0.2, -0.15) is 0 Å². The first-order chi connectivity index (χ1) is 7.27. The maximum absolute atomic E-state index is 11.6. The van der Waals surface area contributed by atoms with Crippen molar-refractivity contribution in [1.82, 2.24) is 15.3 Å². The van der Waals surface area contributed by atoms with E-state index in [-0.39, 0.29) is 11.9 Å². The number of nitrogens with zero attached hydrogens (tertiary/aromatic N) is 1. The number of carbonyl (C=O) groups excluding carboxylic acids is 1. The summed E-state index contributed by atoms with van der Waals surface area (Å²) in [6.07, 6.45) is 6.25. The summed E-state index contributed by atoms with van der Waals surface area (Å²) in [5, 5.41) is 12.5. The van der Waals surface area contributed by atoms with E-state index in [0.29, 0.717) is 5.69 Å². The lowest BCUT2D eigenvalue weighted by Gasteiger charge is -2.28. The van der Waals surface area contributed by atoms with Crippen molar-refractivity contribution in [1.29, 1.82) is 0 Å². The highest BCUT2D eigenvalue weighted by atomic mass is 16.3. The highest BCUT2D eigenvalue weighted by Gasteiger charge is 2.24. The van der Waals surface area contributed by atoms with Crippen LogP contribution in [0.15, 0.2) is 12.5 Å². The van der Waals surface area contributed by atoms with E-state index in [1.807, 2.05) is 0 Å². The van der Waals surface area contributed by atoms with Gasteiger partial charge in [0.05, 0.1) is 24.7 Å². The molecule has 5 nitrogen and oxygen atoms in total. The standard InChI is InChI=1S/C10H15N3O2/c14-9-4-2-1-3-7(9)13-10(15)8-5-11-6-12-8/h5-7,9,14H,1-4H2,(H,11,12)(H,13,15)/t7-,9-/m1/s1. The molecule has 1 heterocycles. The van der Waals surface area contributed by atoms with Crippen molar-refractivity contribution in [2.75, 3.05) is 0 Å². The Morgan fingerprint density at radius 1 is 1.53 bits per heavy atom. The van der Waals surface area contributed by atoms with E-state index in [1.54, 1.807) is 0 Å². The fraction of sp³-hybridized carbons (Fsp3) is 0.600. The number of imidazole rings is 1. The molecule has 1 aromatic rings. The molecule has 82 valence electrons. The first-order valence-electron chi connectivity index (χ1n) is 5.24. The van der Waals surface area contributed by atoms with Crippen LogP contribution in [0.3, 0.4) is 0 Å². The number of carbonyl (C=O) groups is 1. The van der Waals surface area contributed by atoms with Gasteiger partial charge in [-0.05, 0) is 12.8 Å². The van der Waals surface area contributed by atoms with Crippen LogP contribution in [-0.2, 0) is 0 Å². The third-order valence-corrected chi connectivity index (χ3v) is 2.79. The van der Waals surface area contributed by atoms with Crippen molar-refractivity contribution in [3.63, 3.8) is 0 Å². The van der Waals surface area contributed by atoms with Gasteiger partial charge in [-0.15, -0.1) is 0 Å². The average molecular weight is 209 g/mol. The smallest absolute Gasteiger partial charge is 0.269 e. The third-order valence-electron chi connectivity index (χ3n) is 2.79. The minimum Gasteiger partial charge on any atom is -0.391 e. The summed E-state index contributed by atoms with van der Waals surface area (Å²) in [4.78, 5) is 18.1. The molecule has 0 unspecified atom stereocenters. The van der Waals surface area contributed by atoms with Crippen LogP contribution in [0.25, 0.3) is 0 Å². The van der Waals surface area contributed by atoms with E-state index in [2.05, 4.69) is 15.3 Å². The summed E-state index contributed by atoms with van der Waals surface area (Å²) in [7, 11) is 0. The van der Waals surface area contributed by atoms with Gasteiger partial charge < -0.3 is 15.4 Å². The first kappa shape index (κ1) is 10.2. The van der Waals surface area contributed by atoms with Crippen molar-refractivity contribution >= 4 is 5.91 Å². The quantitative estimate of drug-likeness (QED) is 0.661. The van der Waals surface area contributed by atoms with Crippen LogP contribution in [0.5, 0.6) is 0 Å². The van der Waals surface area contributed by atoms with Crippen molar-refractivity contribution in [2.24, 2.45) is 0 Å². The highest BCUT2D eigenvalue weighted by Crippen LogP contribution is 2.18. The summed E-state index contributed by atoms with van der Waals surface area (Å²) in [5.41, 5.74) is 0.438. The molecule has 0 saturated heterocycles. The van der Waals surface area contributed by atoms with Gasteiger partial charge in [-0.3, -0.25) is 4.79 Å². The number of aromatic amines is 1. The molecule has 0 radical (unpaired) electrons. The molecule has 1 aliphatic carbocycles. The minimum atomic E-state index is -0.411. The van der Waals surface area contributed by atoms with Crippen LogP contribution < -0.4 is 5.32 Å². The molecule has 3 N–H and O–H groups in total. The number of hydrogen-bond acceptors (Lipinski definition) is 3.